The van der Waals surface area contributed by atoms with Crippen molar-refractivity contribution in [2.75, 3.05) is 6.61 Å². The summed E-state index contributed by atoms with van der Waals surface area (Å²) < 4.78 is 5.84. The zero-order valence-corrected chi connectivity index (χ0v) is 10.5. The topological polar surface area (TPSA) is 35.0 Å². The largest absolute Gasteiger partial charge is 0.367 e. The second-order valence-corrected chi connectivity index (χ2v) is 4.76. The lowest BCUT2D eigenvalue weighted by Gasteiger charge is -2.32. The van der Waals surface area contributed by atoms with E-state index in [-0.39, 0.29) is 5.60 Å². The highest BCUT2D eigenvalue weighted by atomic mass is 35.5. The van der Waals surface area contributed by atoms with Crippen LogP contribution >= 0.6 is 11.6 Å². The fourth-order valence-electron chi connectivity index (χ4n) is 2.05. The SMILES string of the molecule is Cc1cc(CCl)nc(C2(C)CCCCO2)n1. The van der Waals surface area contributed by atoms with Gasteiger partial charge in [0.25, 0.3) is 0 Å². The molecule has 2 heterocycles. The van der Waals surface area contributed by atoms with Crippen LogP contribution in [0.15, 0.2) is 6.07 Å². The van der Waals surface area contributed by atoms with Gasteiger partial charge in [-0.3, -0.25) is 0 Å². The van der Waals surface area contributed by atoms with Crippen molar-refractivity contribution in [3.63, 3.8) is 0 Å². The predicted molar refractivity (Wildman–Crippen MR) is 63.5 cm³/mol. The Morgan fingerprint density at radius 3 is 2.88 bits per heavy atom. The van der Waals surface area contributed by atoms with Gasteiger partial charge in [-0.25, -0.2) is 9.97 Å². The molecule has 0 N–H and O–H groups in total. The molecule has 1 aromatic rings. The monoisotopic (exact) mass is 240 g/mol. The summed E-state index contributed by atoms with van der Waals surface area (Å²) in [7, 11) is 0. The van der Waals surface area contributed by atoms with Crippen molar-refractivity contribution >= 4 is 11.6 Å². The first-order valence-electron chi connectivity index (χ1n) is 5.69. The number of hydrogen-bond donors (Lipinski definition) is 0. The van der Waals surface area contributed by atoms with Crippen molar-refractivity contribution in [2.24, 2.45) is 0 Å². The number of halogens is 1. The molecule has 1 unspecified atom stereocenters. The minimum absolute atomic E-state index is 0.328. The molecule has 2 rings (SSSR count). The van der Waals surface area contributed by atoms with Crippen LogP contribution in [0.25, 0.3) is 0 Å². The summed E-state index contributed by atoms with van der Waals surface area (Å²) in [6.07, 6.45) is 3.28. The fourth-order valence-corrected chi connectivity index (χ4v) is 2.19. The van der Waals surface area contributed by atoms with Crippen LogP contribution in [-0.4, -0.2) is 16.6 Å². The van der Waals surface area contributed by atoms with E-state index < -0.39 is 0 Å². The maximum Gasteiger partial charge on any atom is 0.160 e. The molecule has 0 aliphatic carbocycles. The molecule has 4 heteroatoms. The van der Waals surface area contributed by atoms with E-state index in [9.17, 15) is 0 Å². The average Bonchev–Trinajstić information content (AvgIpc) is 2.29. The van der Waals surface area contributed by atoms with Crippen LogP contribution in [0.4, 0.5) is 0 Å². The second kappa shape index (κ2) is 4.68. The van der Waals surface area contributed by atoms with E-state index in [1.165, 1.54) is 6.42 Å². The van der Waals surface area contributed by atoms with Crippen LogP contribution in [0, 0.1) is 6.92 Å². The Bertz CT molecular complexity index is 375. The van der Waals surface area contributed by atoms with Crippen molar-refractivity contribution in [2.45, 2.75) is 44.6 Å². The van der Waals surface area contributed by atoms with Gasteiger partial charge in [0.15, 0.2) is 5.82 Å². The maximum absolute atomic E-state index is 5.84. The minimum Gasteiger partial charge on any atom is -0.367 e. The standard InChI is InChI=1S/C12H17ClN2O/c1-9-7-10(8-13)15-11(14-9)12(2)5-3-4-6-16-12/h7H,3-6,8H2,1-2H3. The number of ether oxygens (including phenoxy) is 1. The maximum atomic E-state index is 5.84. The lowest BCUT2D eigenvalue weighted by Crippen LogP contribution is -2.32. The lowest BCUT2D eigenvalue weighted by atomic mass is 9.95. The van der Waals surface area contributed by atoms with Crippen LogP contribution < -0.4 is 0 Å². The Kier molecular flexibility index (Phi) is 3.45. The van der Waals surface area contributed by atoms with Gasteiger partial charge in [0.2, 0.25) is 0 Å². The van der Waals surface area contributed by atoms with E-state index in [0.717, 1.165) is 36.7 Å². The molecular formula is C12H17ClN2O. The molecule has 1 fully saturated rings. The molecule has 0 amide bonds. The van der Waals surface area contributed by atoms with Gasteiger partial charge in [-0.05, 0) is 39.2 Å². The first-order chi connectivity index (χ1) is 7.64. The normalized spacial score (nSPS) is 25.7. The summed E-state index contributed by atoms with van der Waals surface area (Å²) >= 11 is 5.82. The van der Waals surface area contributed by atoms with Crippen LogP contribution in [0.5, 0.6) is 0 Å². The van der Waals surface area contributed by atoms with Crippen LogP contribution in [0.1, 0.15) is 43.4 Å². The van der Waals surface area contributed by atoms with Gasteiger partial charge in [0.1, 0.15) is 5.60 Å². The third-order valence-electron chi connectivity index (χ3n) is 2.99. The van der Waals surface area contributed by atoms with E-state index in [1.807, 2.05) is 13.0 Å². The molecule has 0 bridgehead atoms. The first kappa shape index (κ1) is 11.8. The number of aromatic nitrogens is 2. The van der Waals surface area contributed by atoms with Gasteiger partial charge >= 0.3 is 0 Å². The average molecular weight is 241 g/mol. The molecule has 16 heavy (non-hydrogen) atoms. The van der Waals surface area contributed by atoms with E-state index >= 15 is 0 Å². The predicted octanol–water partition coefficient (Wildman–Crippen LogP) is 2.94. The number of alkyl halides is 1. The summed E-state index contributed by atoms with van der Waals surface area (Å²) in [6, 6.07) is 1.92. The zero-order valence-electron chi connectivity index (χ0n) is 9.79. The summed E-state index contributed by atoms with van der Waals surface area (Å²) in [6.45, 7) is 4.83. The molecule has 88 valence electrons. The summed E-state index contributed by atoms with van der Waals surface area (Å²) in [5, 5.41) is 0. The summed E-state index contributed by atoms with van der Waals surface area (Å²) in [5.41, 5.74) is 1.50. The molecule has 0 spiro atoms. The zero-order chi connectivity index (χ0) is 11.6. The Morgan fingerprint density at radius 2 is 2.25 bits per heavy atom. The smallest absolute Gasteiger partial charge is 0.160 e. The Morgan fingerprint density at radius 1 is 1.44 bits per heavy atom. The molecule has 3 nitrogen and oxygen atoms in total. The fraction of sp³-hybridized carbons (Fsp3) is 0.667. The first-order valence-corrected chi connectivity index (χ1v) is 6.22. The molecule has 1 saturated heterocycles. The lowest BCUT2D eigenvalue weighted by molar-refractivity contribution is -0.0762. The number of rotatable bonds is 2. The van der Waals surface area contributed by atoms with Gasteiger partial charge in [-0.2, -0.15) is 0 Å². The number of nitrogens with zero attached hydrogens (tertiary/aromatic N) is 2. The number of aryl methyl sites for hydroxylation is 1. The molecule has 1 atom stereocenters. The van der Waals surface area contributed by atoms with E-state index in [1.54, 1.807) is 0 Å². The van der Waals surface area contributed by atoms with Crippen molar-refractivity contribution < 1.29 is 4.74 Å². The van der Waals surface area contributed by atoms with Crippen molar-refractivity contribution in [1.29, 1.82) is 0 Å². The molecule has 1 aromatic heterocycles. The van der Waals surface area contributed by atoms with Crippen LogP contribution in [0.2, 0.25) is 0 Å². The Labute approximate surface area is 101 Å². The third-order valence-corrected chi connectivity index (χ3v) is 3.26. The van der Waals surface area contributed by atoms with Crippen molar-refractivity contribution in [1.82, 2.24) is 9.97 Å². The van der Waals surface area contributed by atoms with Crippen molar-refractivity contribution in [3.05, 3.63) is 23.3 Å². The highest BCUT2D eigenvalue weighted by Gasteiger charge is 2.33. The van der Waals surface area contributed by atoms with Gasteiger partial charge in [-0.1, -0.05) is 0 Å². The molecule has 1 aliphatic rings. The van der Waals surface area contributed by atoms with E-state index in [4.69, 9.17) is 16.3 Å². The Hall–Kier alpha value is -0.670. The highest BCUT2D eigenvalue weighted by Crippen LogP contribution is 2.32. The minimum atomic E-state index is -0.328. The van der Waals surface area contributed by atoms with Crippen molar-refractivity contribution in [3.8, 4) is 0 Å². The quantitative estimate of drug-likeness (QED) is 0.746. The van der Waals surface area contributed by atoms with Crippen LogP contribution in [0.3, 0.4) is 0 Å². The molecule has 1 aliphatic heterocycles. The van der Waals surface area contributed by atoms with Crippen LogP contribution in [-0.2, 0) is 16.2 Å². The molecular weight excluding hydrogens is 224 g/mol. The molecule has 0 aromatic carbocycles. The second-order valence-electron chi connectivity index (χ2n) is 4.49. The summed E-state index contributed by atoms with van der Waals surface area (Å²) in [4.78, 5) is 8.96. The van der Waals surface area contributed by atoms with Gasteiger partial charge in [0.05, 0.1) is 11.6 Å². The number of hydrogen-bond acceptors (Lipinski definition) is 3. The Balaban J connectivity index is 2.34. The highest BCUT2D eigenvalue weighted by molar-refractivity contribution is 6.16. The summed E-state index contributed by atoms with van der Waals surface area (Å²) in [5.74, 6) is 1.20. The third kappa shape index (κ3) is 2.36. The molecule has 0 saturated carbocycles. The van der Waals surface area contributed by atoms with E-state index in [0.29, 0.717) is 5.88 Å². The molecule has 0 radical (unpaired) electrons. The van der Waals surface area contributed by atoms with E-state index in [2.05, 4.69) is 16.9 Å². The van der Waals surface area contributed by atoms with Gasteiger partial charge in [0, 0.05) is 12.3 Å². The van der Waals surface area contributed by atoms with Gasteiger partial charge in [-0.15, -0.1) is 11.6 Å². The van der Waals surface area contributed by atoms with Gasteiger partial charge < -0.3 is 4.74 Å².